The minimum absolute atomic E-state index is 0.0774. The van der Waals surface area contributed by atoms with Gasteiger partial charge in [-0.25, -0.2) is 0 Å². The zero-order chi connectivity index (χ0) is 25.4. The molecule has 0 radical (unpaired) electrons. The van der Waals surface area contributed by atoms with Crippen molar-refractivity contribution in [3.63, 3.8) is 0 Å². The largest absolute Gasteiger partial charge is 0.507 e. The van der Waals surface area contributed by atoms with Crippen molar-refractivity contribution in [2.24, 2.45) is 0 Å². The summed E-state index contributed by atoms with van der Waals surface area (Å²) in [5.41, 5.74) is 2.08. The maximum Gasteiger partial charge on any atom is 0.295 e. The predicted molar refractivity (Wildman–Crippen MR) is 135 cm³/mol. The van der Waals surface area contributed by atoms with Crippen LogP contribution in [-0.2, 0) is 14.3 Å². The molecule has 188 valence electrons. The summed E-state index contributed by atoms with van der Waals surface area (Å²) in [4.78, 5) is 27.7. The number of aliphatic hydroxyl groups is 1. The van der Waals surface area contributed by atoms with Gasteiger partial charge >= 0.3 is 0 Å². The maximum absolute atomic E-state index is 13.1. The standard InChI is InChI=1S/C28H35NO6/c1-5-6-7-17-35-22-12-9-20(10-13-22)25-24(27(31)28(32)29(25)15-8-16-33-3)26(30)21-11-14-23(34-4)19(2)18-21/h9-14,18,25,30H,5-8,15-17H2,1-4H3/b26-24+. The van der Waals surface area contributed by atoms with E-state index in [9.17, 15) is 14.7 Å². The van der Waals surface area contributed by atoms with Gasteiger partial charge in [0.2, 0.25) is 0 Å². The number of amides is 1. The highest BCUT2D eigenvalue weighted by molar-refractivity contribution is 6.46. The van der Waals surface area contributed by atoms with Crippen molar-refractivity contribution in [3.8, 4) is 11.5 Å². The molecular weight excluding hydrogens is 446 g/mol. The highest BCUT2D eigenvalue weighted by Crippen LogP contribution is 2.40. The number of rotatable bonds is 12. The number of carbonyl (C=O) groups excluding carboxylic acids is 2. The molecule has 1 saturated heterocycles. The number of unbranched alkanes of at least 4 members (excludes halogenated alkanes) is 2. The predicted octanol–water partition coefficient (Wildman–Crippen LogP) is 5.03. The van der Waals surface area contributed by atoms with E-state index in [1.807, 2.05) is 31.2 Å². The first-order chi connectivity index (χ1) is 16.9. The first-order valence-corrected chi connectivity index (χ1v) is 12.1. The van der Waals surface area contributed by atoms with Gasteiger partial charge in [-0.2, -0.15) is 0 Å². The Balaban J connectivity index is 1.99. The van der Waals surface area contributed by atoms with Crippen LogP contribution < -0.4 is 9.47 Å². The topological polar surface area (TPSA) is 85.3 Å². The third-order valence-corrected chi connectivity index (χ3v) is 6.17. The number of aryl methyl sites for hydroxylation is 1. The maximum atomic E-state index is 13.1. The molecule has 1 atom stereocenters. The second-order valence-electron chi connectivity index (χ2n) is 8.65. The van der Waals surface area contributed by atoms with Gasteiger partial charge in [0, 0.05) is 25.8 Å². The summed E-state index contributed by atoms with van der Waals surface area (Å²) in [6.45, 7) is 5.43. The van der Waals surface area contributed by atoms with Gasteiger partial charge in [-0.05, 0) is 61.2 Å². The summed E-state index contributed by atoms with van der Waals surface area (Å²) in [5, 5.41) is 11.2. The molecule has 0 saturated carbocycles. The van der Waals surface area contributed by atoms with Crippen molar-refractivity contribution in [2.45, 2.75) is 45.6 Å². The molecule has 1 unspecified atom stereocenters. The summed E-state index contributed by atoms with van der Waals surface area (Å²) >= 11 is 0. The molecule has 35 heavy (non-hydrogen) atoms. The van der Waals surface area contributed by atoms with Crippen molar-refractivity contribution in [1.29, 1.82) is 0 Å². The molecule has 2 aromatic carbocycles. The lowest BCUT2D eigenvalue weighted by Crippen LogP contribution is -2.31. The Hall–Kier alpha value is -3.32. The van der Waals surface area contributed by atoms with E-state index in [-0.39, 0.29) is 11.3 Å². The fraction of sp³-hybridized carbons (Fsp3) is 0.429. The van der Waals surface area contributed by atoms with Gasteiger partial charge in [0.15, 0.2) is 0 Å². The average Bonchev–Trinajstić information content (AvgIpc) is 3.11. The molecule has 1 aliphatic rings. The Morgan fingerprint density at radius 1 is 1.00 bits per heavy atom. The number of ketones is 1. The van der Waals surface area contributed by atoms with E-state index in [4.69, 9.17) is 14.2 Å². The summed E-state index contributed by atoms with van der Waals surface area (Å²) < 4.78 is 16.3. The fourth-order valence-electron chi connectivity index (χ4n) is 4.31. The second-order valence-corrected chi connectivity index (χ2v) is 8.65. The molecule has 7 heteroatoms. The van der Waals surface area contributed by atoms with Crippen LogP contribution in [-0.4, -0.2) is 55.7 Å². The van der Waals surface area contributed by atoms with E-state index >= 15 is 0 Å². The van der Waals surface area contributed by atoms with Gasteiger partial charge in [0.25, 0.3) is 11.7 Å². The van der Waals surface area contributed by atoms with Crippen molar-refractivity contribution in [3.05, 3.63) is 64.7 Å². The molecule has 0 bridgehead atoms. The van der Waals surface area contributed by atoms with E-state index in [0.717, 1.165) is 36.1 Å². The Labute approximate surface area is 207 Å². The molecule has 3 rings (SSSR count). The van der Waals surface area contributed by atoms with Gasteiger partial charge in [0.1, 0.15) is 17.3 Å². The molecule has 0 spiro atoms. The Morgan fingerprint density at radius 2 is 1.74 bits per heavy atom. The molecule has 0 aromatic heterocycles. The number of ether oxygens (including phenoxy) is 3. The van der Waals surface area contributed by atoms with Gasteiger partial charge in [0.05, 0.1) is 25.3 Å². The Morgan fingerprint density at radius 3 is 2.37 bits per heavy atom. The average molecular weight is 482 g/mol. The van der Waals surface area contributed by atoms with E-state index in [1.54, 1.807) is 32.4 Å². The van der Waals surface area contributed by atoms with Crippen LogP contribution in [0.3, 0.4) is 0 Å². The minimum Gasteiger partial charge on any atom is -0.507 e. The lowest BCUT2D eigenvalue weighted by molar-refractivity contribution is -0.140. The van der Waals surface area contributed by atoms with Crippen LogP contribution in [0, 0.1) is 6.92 Å². The van der Waals surface area contributed by atoms with E-state index in [0.29, 0.717) is 37.5 Å². The number of benzene rings is 2. The van der Waals surface area contributed by atoms with Crippen LogP contribution >= 0.6 is 0 Å². The van der Waals surface area contributed by atoms with E-state index in [1.165, 1.54) is 4.90 Å². The van der Waals surface area contributed by atoms with Crippen molar-refractivity contribution >= 4 is 17.4 Å². The van der Waals surface area contributed by atoms with Crippen LogP contribution in [0.25, 0.3) is 5.76 Å². The third kappa shape index (κ3) is 6.03. The van der Waals surface area contributed by atoms with Crippen molar-refractivity contribution in [1.82, 2.24) is 4.90 Å². The van der Waals surface area contributed by atoms with Crippen molar-refractivity contribution < 1.29 is 28.9 Å². The molecule has 1 heterocycles. The molecule has 2 aromatic rings. The summed E-state index contributed by atoms with van der Waals surface area (Å²) in [6.07, 6.45) is 3.79. The molecule has 1 fully saturated rings. The number of Topliss-reactive ketones (excluding diaryl/α,β-unsaturated/α-hetero) is 1. The molecule has 0 aliphatic carbocycles. The lowest BCUT2D eigenvalue weighted by Gasteiger charge is -2.25. The lowest BCUT2D eigenvalue weighted by atomic mass is 9.94. The van der Waals surface area contributed by atoms with Crippen LogP contribution in [0.2, 0.25) is 0 Å². The molecule has 1 aliphatic heterocycles. The van der Waals surface area contributed by atoms with Gasteiger partial charge < -0.3 is 24.2 Å². The molecule has 1 amide bonds. The molecule has 7 nitrogen and oxygen atoms in total. The quantitative estimate of drug-likeness (QED) is 0.198. The Bertz CT molecular complexity index is 1060. The second kappa shape index (κ2) is 12.4. The zero-order valence-electron chi connectivity index (χ0n) is 21.0. The normalized spacial score (nSPS) is 17.1. The summed E-state index contributed by atoms with van der Waals surface area (Å²) in [6, 6.07) is 11.8. The highest BCUT2D eigenvalue weighted by atomic mass is 16.5. The van der Waals surface area contributed by atoms with E-state index in [2.05, 4.69) is 6.92 Å². The monoisotopic (exact) mass is 481 g/mol. The van der Waals surface area contributed by atoms with E-state index < -0.39 is 17.7 Å². The smallest absolute Gasteiger partial charge is 0.295 e. The van der Waals surface area contributed by atoms with Crippen LogP contribution in [0.4, 0.5) is 0 Å². The van der Waals surface area contributed by atoms with Crippen LogP contribution in [0.5, 0.6) is 11.5 Å². The zero-order valence-corrected chi connectivity index (χ0v) is 21.0. The number of hydrogen-bond acceptors (Lipinski definition) is 6. The third-order valence-electron chi connectivity index (χ3n) is 6.17. The number of nitrogens with zero attached hydrogens (tertiary/aromatic N) is 1. The SMILES string of the molecule is CCCCCOc1ccc(C2/C(=C(\O)c3ccc(OC)c(C)c3)C(=O)C(=O)N2CCCOC)cc1. The Kier molecular flexibility index (Phi) is 9.32. The van der Waals surface area contributed by atoms with Crippen molar-refractivity contribution in [2.75, 3.05) is 34.0 Å². The molecule has 1 N–H and O–H groups in total. The summed E-state index contributed by atoms with van der Waals surface area (Å²) in [5.74, 6) is -0.121. The van der Waals surface area contributed by atoms with Gasteiger partial charge in [-0.3, -0.25) is 9.59 Å². The van der Waals surface area contributed by atoms with Gasteiger partial charge in [-0.15, -0.1) is 0 Å². The number of hydrogen-bond donors (Lipinski definition) is 1. The van der Waals surface area contributed by atoms with Crippen LogP contribution in [0.15, 0.2) is 48.0 Å². The number of likely N-dealkylation sites (tertiary alicyclic amines) is 1. The molecular formula is C28H35NO6. The summed E-state index contributed by atoms with van der Waals surface area (Å²) in [7, 11) is 3.17. The van der Waals surface area contributed by atoms with Crippen LogP contribution in [0.1, 0.15) is 55.3 Å². The number of carbonyl (C=O) groups is 2. The highest BCUT2D eigenvalue weighted by Gasteiger charge is 2.45. The first kappa shape index (κ1) is 26.3. The van der Waals surface area contributed by atoms with Gasteiger partial charge in [-0.1, -0.05) is 31.9 Å². The first-order valence-electron chi connectivity index (χ1n) is 12.1. The fourth-order valence-corrected chi connectivity index (χ4v) is 4.31. The number of methoxy groups -OCH3 is 2. The minimum atomic E-state index is -0.705. The number of aliphatic hydroxyl groups excluding tert-OH is 1.